The molecule has 0 saturated heterocycles. The maximum absolute atomic E-state index is 10.6. The second-order valence-electron chi connectivity index (χ2n) is 1.68. The van der Waals surface area contributed by atoms with Gasteiger partial charge in [-0.2, -0.15) is 0 Å². The second-order valence-corrected chi connectivity index (χ2v) is 1.68. The molecule has 1 heterocycles. The fourth-order valence-electron chi connectivity index (χ4n) is 0.625. The van der Waals surface area contributed by atoms with Gasteiger partial charge in [0.1, 0.15) is 0 Å². The Morgan fingerprint density at radius 1 is 1.30 bits per heavy atom. The van der Waals surface area contributed by atoms with Gasteiger partial charge in [0, 0.05) is 18.4 Å². The minimum atomic E-state index is -0.435. The van der Waals surface area contributed by atoms with Crippen LogP contribution >= 0.6 is 0 Å². The Morgan fingerprint density at radius 3 is 2.20 bits per heavy atom. The summed E-state index contributed by atoms with van der Waals surface area (Å²) in [6.45, 7) is 0. The summed E-state index contributed by atoms with van der Waals surface area (Å²) in [4.78, 5) is 22.1. The van der Waals surface area contributed by atoms with Crippen LogP contribution in [0.25, 0.3) is 0 Å². The van der Waals surface area contributed by atoms with Crippen molar-refractivity contribution in [3.05, 3.63) is 24.6 Å². The van der Waals surface area contributed by atoms with E-state index in [0.717, 1.165) is 23.3 Å². The molecule has 4 nitrogen and oxygen atoms in total. The first kappa shape index (κ1) is 6.54. The van der Waals surface area contributed by atoms with Gasteiger partial charge < -0.3 is 5.11 Å². The first-order chi connectivity index (χ1) is 4.75. The molecule has 0 aromatic carbocycles. The summed E-state index contributed by atoms with van der Waals surface area (Å²) in [6, 6.07) is 0. The molecule has 1 aliphatic rings. The van der Waals surface area contributed by atoms with Crippen LogP contribution in [0.3, 0.4) is 0 Å². The van der Waals surface area contributed by atoms with E-state index < -0.39 is 11.8 Å². The molecule has 0 unspecified atom stereocenters. The number of amides is 2. The van der Waals surface area contributed by atoms with E-state index >= 15 is 0 Å². The van der Waals surface area contributed by atoms with E-state index in [1.54, 1.807) is 0 Å². The predicted molar refractivity (Wildman–Crippen MR) is 32.8 cm³/mol. The van der Waals surface area contributed by atoms with Gasteiger partial charge in [-0.3, -0.25) is 9.59 Å². The summed E-state index contributed by atoms with van der Waals surface area (Å²) in [6.07, 6.45) is 3.93. The molecular weight excluding hydrogens is 134 g/mol. The van der Waals surface area contributed by atoms with Gasteiger partial charge in [-0.1, -0.05) is 0 Å². The summed E-state index contributed by atoms with van der Waals surface area (Å²) in [7, 11) is 0. The summed E-state index contributed by atoms with van der Waals surface area (Å²) >= 11 is 0. The summed E-state index contributed by atoms with van der Waals surface area (Å²) in [5.74, 6) is -0.870. The lowest BCUT2D eigenvalue weighted by Crippen LogP contribution is -2.23. The van der Waals surface area contributed by atoms with Crippen LogP contribution in [-0.4, -0.2) is 21.8 Å². The van der Waals surface area contributed by atoms with Crippen molar-refractivity contribution in [1.29, 1.82) is 0 Å². The Kier molecular flexibility index (Phi) is 1.53. The van der Waals surface area contributed by atoms with Crippen LogP contribution in [0.2, 0.25) is 0 Å². The monoisotopic (exact) mass is 139 g/mol. The van der Waals surface area contributed by atoms with Crippen molar-refractivity contribution in [3.63, 3.8) is 0 Å². The molecule has 2 amide bonds. The van der Waals surface area contributed by atoms with Crippen molar-refractivity contribution in [1.82, 2.24) is 4.90 Å². The lowest BCUT2D eigenvalue weighted by atomic mass is 10.6. The van der Waals surface area contributed by atoms with E-state index in [2.05, 4.69) is 0 Å². The van der Waals surface area contributed by atoms with Gasteiger partial charge in [0.25, 0.3) is 11.8 Å². The molecule has 10 heavy (non-hydrogen) atoms. The van der Waals surface area contributed by atoms with Crippen molar-refractivity contribution >= 4 is 11.8 Å². The van der Waals surface area contributed by atoms with E-state index in [0.29, 0.717) is 6.26 Å². The number of hydrogen-bond acceptors (Lipinski definition) is 3. The van der Waals surface area contributed by atoms with Crippen molar-refractivity contribution in [2.45, 2.75) is 0 Å². The van der Waals surface area contributed by atoms with E-state index in [4.69, 9.17) is 5.11 Å². The number of aliphatic hydroxyl groups excluding tert-OH is 1. The number of aliphatic hydroxyl groups is 1. The zero-order chi connectivity index (χ0) is 7.56. The van der Waals surface area contributed by atoms with E-state index in [1.807, 2.05) is 0 Å². The maximum atomic E-state index is 10.6. The molecule has 0 bridgehead atoms. The number of carbonyl (C=O) groups excluding carboxylic acids is 2. The second kappa shape index (κ2) is 2.34. The lowest BCUT2D eigenvalue weighted by molar-refractivity contribution is -0.133. The molecule has 0 saturated carbocycles. The minimum Gasteiger partial charge on any atom is -0.514 e. The molecular formula is C6H5NO3. The molecule has 1 N–H and O–H groups in total. The van der Waals surface area contributed by atoms with Crippen molar-refractivity contribution in [2.75, 3.05) is 0 Å². The maximum Gasteiger partial charge on any atom is 0.257 e. The Hall–Kier alpha value is -1.58. The predicted octanol–water partition coefficient (Wildman–Crippen LogP) is -0.0594. The molecule has 1 rings (SSSR count). The van der Waals surface area contributed by atoms with Crippen LogP contribution in [0.4, 0.5) is 0 Å². The van der Waals surface area contributed by atoms with Gasteiger partial charge in [-0.15, -0.1) is 0 Å². The summed E-state index contributed by atoms with van der Waals surface area (Å²) < 4.78 is 0. The first-order valence-electron chi connectivity index (χ1n) is 2.62. The van der Waals surface area contributed by atoms with Gasteiger partial charge in [0.15, 0.2) is 0 Å². The topological polar surface area (TPSA) is 57.6 Å². The van der Waals surface area contributed by atoms with Crippen LogP contribution in [0, 0.1) is 0 Å². The number of hydrogen-bond donors (Lipinski definition) is 1. The molecule has 52 valence electrons. The van der Waals surface area contributed by atoms with Crippen molar-refractivity contribution in [3.8, 4) is 0 Å². The van der Waals surface area contributed by atoms with Crippen LogP contribution in [-0.2, 0) is 9.59 Å². The third kappa shape index (κ3) is 0.907. The van der Waals surface area contributed by atoms with E-state index in [1.165, 1.54) is 0 Å². The fourth-order valence-corrected chi connectivity index (χ4v) is 0.625. The van der Waals surface area contributed by atoms with Crippen LogP contribution < -0.4 is 0 Å². The Labute approximate surface area is 57.1 Å². The molecule has 0 fully saturated rings. The fraction of sp³-hybridized carbons (Fsp3) is 0. The molecule has 0 aromatic rings. The highest BCUT2D eigenvalue weighted by atomic mass is 16.2. The molecule has 0 spiro atoms. The number of imide groups is 1. The first-order valence-corrected chi connectivity index (χ1v) is 2.62. The Bertz CT molecular complexity index is 211. The number of rotatable bonds is 1. The number of nitrogens with zero attached hydrogens (tertiary/aromatic N) is 1. The van der Waals surface area contributed by atoms with Gasteiger partial charge >= 0.3 is 0 Å². The summed E-state index contributed by atoms with van der Waals surface area (Å²) in [5, 5.41) is 8.21. The highest BCUT2D eigenvalue weighted by molar-refractivity contribution is 6.13. The SMILES string of the molecule is O=C1C=CC(=O)N1/C=C\O. The quantitative estimate of drug-likeness (QED) is 0.409. The lowest BCUT2D eigenvalue weighted by Gasteiger charge is -2.03. The van der Waals surface area contributed by atoms with Gasteiger partial charge in [-0.25, -0.2) is 4.90 Å². The van der Waals surface area contributed by atoms with Crippen LogP contribution in [0.15, 0.2) is 24.6 Å². The third-order valence-electron chi connectivity index (χ3n) is 1.06. The van der Waals surface area contributed by atoms with Crippen LogP contribution in [0.5, 0.6) is 0 Å². The van der Waals surface area contributed by atoms with Gasteiger partial charge in [0.2, 0.25) is 0 Å². The van der Waals surface area contributed by atoms with E-state index in [9.17, 15) is 9.59 Å². The largest absolute Gasteiger partial charge is 0.514 e. The van der Waals surface area contributed by atoms with Crippen molar-refractivity contribution < 1.29 is 14.7 Å². The third-order valence-corrected chi connectivity index (χ3v) is 1.06. The molecule has 0 aromatic heterocycles. The standard InChI is InChI=1S/C6H5NO3/c8-4-3-7-5(9)1-2-6(7)10/h1-4,8H/b4-3-. The normalized spacial score (nSPS) is 17.8. The molecule has 0 aliphatic carbocycles. The highest BCUT2D eigenvalue weighted by Crippen LogP contribution is 2.02. The average molecular weight is 139 g/mol. The minimum absolute atomic E-state index is 0.435. The zero-order valence-electron chi connectivity index (χ0n) is 5.02. The van der Waals surface area contributed by atoms with Gasteiger partial charge in [0.05, 0.1) is 6.26 Å². The molecule has 1 aliphatic heterocycles. The smallest absolute Gasteiger partial charge is 0.257 e. The van der Waals surface area contributed by atoms with Crippen molar-refractivity contribution in [2.24, 2.45) is 0 Å². The number of carbonyl (C=O) groups is 2. The Balaban J connectivity index is 2.79. The molecule has 0 atom stereocenters. The average Bonchev–Trinajstić information content (AvgIpc) is 2.20. The van der Waals surface area contributed by atoms with E-state index in [-0.39, 0.29) is 0 Å². The molecule has 0 radical (unpaired) electrons. The highest BCUT2D eigenvalue weighted by Gasteiger charge is 2.20. The summed E-state index contributed by atoms with van der Waals surface area (Å²) in [5.41, 5.74) is 0. The van der Waals surface area contributed by atoms with Gasteiger partial charge in [-0.05, 0) is 0 Å². The zero-order valence-corrected chi connectivity index (χ0v) is 5.02. The molecule has 4 heteroatoms. The van der Waals surface area contributed by atoms with Crippen LogP contribution in [0.1, 0.15) is 0 Å². The Morgan fingerprint density at radius 2 is 1.80 bits per heavy atom.